The quantitative estimate of drug-likeness (QED) is 0.513. The highest BCUT2D eigenvalue weighted by molar-refractivity contribution is 6.31. The second-order valence-corrected chi connectivity index (χ2v) is 4.95. The predicted molar refractivity (Wildman–Crippen MR) is 84.2 cm³/mol. The van der Waals surface area contributed by atoms with Crippen LogP contribution in [-0.4, -0.2) is 16.8 Å². The second kappa shape index (κ2) is 6.90. The molecule has 2 rings (SSSR count). The number of rotatable bonds is 4. The molecule has 4 nitrogen and oxygen atoms in total. The van der Waals surface area contributed by atoms with Gasteiger partial charge in [0.05, 0.1) is 12.1 Å². The van der Waals surface area contributed by atoms with Gasteiger partial charge in [0.25, 0.3) is 0 Å². The molecule has 0 aliphatic heterocycles. The number of nitrogens with one attached hydrogen (secondary N) is 1. The molecule has 0 aliphatic rings. The third kappa shape index (κ3) is 3.83. The van der Waals surface area contributed by atoms with Gasteiger partial charge in [0.1, 0.15) is 0 Å². The van der Waals surface area contributed by atoms with Gasteiger partial charge in [-0.05, 0) is 24.6 Å². The first-order valence-electron chi connectivity index (χ1n) is 6.43. The number of hydrogen-bond acceptors (Lipinski definition) is 3. The van der Waals surface area contributed by atoms with E-state index >= 15 is 0 Å². The molecule has 0 aliphatic carbocycles. The maximum absolute atomic E-state index is 12.1. The zero-order chi connectivity index (χ0) is 15.2. The summed E-state index contributed by atoms with van der Waals surface area (Å²) >= 11 is 6.04. The van der Waals surface area contributed by atoms with E-state index in [0.717, 1.165) is 5.56 Å². The van der Waals surface area contributed by atoms with Crippen molar-refractivity contribution in [3.05, 3.63) is 64.7 Å². The molecular formula is C16H15ClN2O2. The minimum absolute atomic E-state index is 0.179. The van der Waals surface area contributed by atoms with Crippen LogP contribution in [0.4, 0.5) is 5.69 Å². The Kier molecular flexibility index (Phi) is 4.95. The number of anilines is 1. The summed E-state index contributed by atoms with van der Waals surface area (Å²) in [6, 6.07) is 14.4. The molecule has 0 heterocycles. The van der Waals surface area contributed by atoms with Crippen LogP contribution in [-0.2, 0) is 11.2 Å². The van der Waals surface area contributed by atoms with Crippen LogP contribution < -0.4 is 5.32 Å². The van der Waals surface area contributed by atoms with Crippen LogP contribution in [0.1, 0.15) is 18.1 Å². The largest absolute Gasteiger partial charge is 0.411 e. The van der Waals surface area contributed by atoms with Gasteiger partial charge in [0, 0.05) is 16.3 Å². The molecule has 2 aromatic carbocycles. The van der Waals surface area contributed by atoms with E-state index in [1.807, 2.05) is 24.3 Å². The highest BCUT2D eigenvalue weighted by Gasteiger charge is 2.10. The molecule has 0 saturated carbocycles. The van der Waals surface area contributed by atoms with Crippen LogP contribution >= 0.6 is 11.6 Å². The van der Waals surface area contributed by atoms with Gasteiger partial charge in [-0.15, -0.1) is 0 Å². The summed E-state index contributed by atoms with van der Waals surface area (Å²) in [5, 5.41) is 15.4. The molecule has 0 saturated heterocycles. The van der Waals surface area contributed by atoms with Crippen molar-refractivity contribution in [3.63, 3.8) is 0 Å². The van der Waals surface area contributed by atoms with Gasteiger partial charge < -0.3 is 10.5 Å². The molecule has 2 N–H and O–H groups in total. The van der Waals surface area contributed by atoms with E-state index in [1.54, 1.807) is 31.2 Å². The maximum Gasteiger partial charge on any atom is 0.228 e. The van der Waals surface area contributed by atoms with E-state index in [-0.39, 0.29) is 12.3 Å². The molecule has 21 heavy (non-hydrogen) atoms. The highest BCUT2D eigenvalue weighted by atomic mass is 35.5. The third-order valence-corrected chi connectivity index (χ3v) is 3.42. The van der Waals surface area contributed by atoms with Crippen molar-refractivity contribution in [2.75, 3.05) is 5.32 Å². The lowest BCUT2D eigenvalue weighted by Gasteiger charge is -2.10. The minimum atomic E-state index is -0.179. The molecule has 0 fully saturated rings. The van der Waals surface area contributed by atoms with Crippen LogP contribution in [0.3, 0.4) is 0 Å². The van der Waals surface area contributed by atoms with E-state index in [0.29, 0.717) is 22.0 Å². The predicted octanol–water partition coefficient (Wildman–Crippen LogP) is 3.72. The number of carbonyl (C=O) groups excluding carboxylic acids is 1. The number of para-hydroxylation sites is 1. The lowest BCUT2D eigenvalue weighted by Crippen LogP contribution is -2.16. The topological polar surface area (TPSA) is 61.7 Å². The Bertz CT molecular complexity index is 683. The summed E-state index contributed by atoms with van der Waals surface area (Å²) in [7, 11) is 0. The monoisotopic (exact) mass is 302 g/mol. The first-order valence-corrected chi connectivity index (χ1v) is 6.81. The lowest BCUT2D eigenvalue weighted by atomic mass is 10.1. The van der Waals surface area contributed by atoms with Gasteiger partial charge >= 0.3 is 0 Å². The number of nitrogens with zero attached hydrogens (tertiary/aromatic N) is 1. The molecule has 0 bridgehead atoms. The molecule has 0 atom stereocenters. The van der Waals surface area contributed by atoms with Crippen molar-refractivity contribution in [2.24, 2.45) is 5.16 Å². The van der Waals surface area contributed by atoms with E-state index in [1.165, 1.54) is 0 Å². The summed E-state index contributed by atoms with van der Waals surface area (Å²) in [5.41, 5.74) is 2.47. The third-order valence-electron chi connectivity index (χ3n) is 3.05. The number of hydrogen-bond donors (Lipinski definition) is 2. The van der Waals surface area contributed by atoms with Crippen LogP contribution in [0.15, 0.2) is 53.7 Å². The fraction of sp³-hybridized carbons (Fsp3) is 0.125. The average molecular weight is 303 g/mol. The molecule has 0 aromatic heterocycles. The second-order valence-electron chi connectivity index (χ2n) is 4.55. The molecule has 0 unspecified atom stereocenters. The van der Waals surface area contributed by atoms with Gasteiger partial charge in [-0.2, -0.15) is 0 Å². The Morgan fingerprint density at radius 3 is 2.57 bits per heavy atom. The smallest absolute Gasteiger partial charge is 0.228 e. The van der Waals surface area contributed by atoms with Crippen molar-refractivity contribution in [1.82, 2.24) is 0 Å². The summed E-state index contributed by atoms with van der Waals surface area (Å²) < 4.78 is 0. The van der Waals surface area contributed by atoms with Crippen molar-refractivity contribution in [2.45, 2.75) is 13.3 Å². The molecule has 0 spiro atoms. The minimum Gasteiger partial charge on any atom is -0.411 e. The van der Waals surface area contributed by atoms with Crippen molar-refractivity contribution >= 4 is 28.9 Å². The Balaban J connectivity index is 2.16. The zero-order valence-corrected chi connectivity index (χ0v) is 12.3. The fourth-order valence-corrected chi connectivity index (χ4v) is 2.17. The van der Waals surface area contributed by atoms with Gasteiger partial charge in [-0.1, -0.05) is 53.2 Å². The molecule has 1 amide bonds. The van der Waals surface area contributed by atoms with Crippen LogP contribution in [0.25, 0.3) is 0 Å². The Morgan fingerprint density at radius 2 is 1.86 bits per heavy atom. The van der Waals surface area contributed by atoms with Gasteiger partial charge in [0.2, 0.25) is 5.91 Å². The number of oxime groups is 1. The number of amides is 1. The normalized spacial score (nSPS) is 11.2. The average Bonchev–Trinajstić information content (AvgIpc) is 2.49. The van der Waals surface area contributed by atoms with E-state index < -0.39 is 0 Å². The van der Waals surface area contributed by atoms with E-state index in [9.17, 15) is 4.79 Å². The Hall–Kier alpha value is -2.33. The van der Waals surface area contributed by atoms with Crippen LogP contribution in [0.2, 0.25) is 5.02 Å². The Labute approximate surface area is 128 Å². The van der Waals surface area contributed by atoms with E-state index in [4.69, 9.17) is 16.8 Å². The first kappa shape index (κ1) is 15.1. The molecule has 5 heteroatoms. The van der Waals surface area contributed by atoms with Crippen LogP contribution in [0.5, 0.6) is 0 Å². The Morgan fingerprint density at radius 1 is 1.19 bits per heavy atom. The summed E-state index contributed by atoms with van der Waals surface area (Å²) in [6.07, 6.45) is 0.184. The molecule has 108 valence electrons. The number of halogens is 1. The maximum atomic E-state index is 12.1. The summed E-state index contributed by atoms with van der Waals surface area (Å²) in [6.45, 7) is 1.67. The number of benzene rings is 2. The SMILES string of the molecule is C/C(=N\O)c1ccccc1NC(=O)Cc1ccccc1Cl. The molecule has 0 radical (unpaired) electrons. The van der Waals surface area contributed by atoms with Gasteiger partial charge in [-0.3, -0.25) is 4.79 Å². The first-order chi connectivity index (χ1) is 10.1. The van der Waals surface area contributed by atoms with Gasteiger partial charge in [0.15, 0.2) is 0 Å². The summed E-state index contributed by atoms with van der Waals surface area (Å²) in [5.74, 6) is -0.179. The van der Waals surface area contributed by atoms with Crippen LogP contribution in [0, 0.1) is 0 Å². The highest BCUT2D eigenvalue weighted by Crippen LogP contribution is 2.19. The molecular weight excluding hydrogens is 288 g/mol. The number of carbonyl (C=O) groups is 1. The standard InChI is InChI=1S/C16H15ClN2O2/c1-11(19-21)13-7-3-5-9-15(13)18-16(20)10-12-6-2-4-8-14(12)17/h2-9,21H,10H2,1H3,(H,18,20)/b19-11+. The zero-order valence-electron chi connectivity index (χ0n) is 11.5. The lowest BCUT2D eigenvalue weighted by molar-refractivity contribution is -0.115. The van der Waals surface area contributed by atoms with Crippen molar-refractivity contribution in [3.8, 4) is 0 Å². The van der Waals surface area contributed by atoms with Crippen molar-refractivity contribution < 1.29 is 10.0 Å². The van der Waals surface area contributed by atoms with Crippen molar-refractivity contribution in [1.29, 1.82) is 0 Å². The van der Waals surface area contributed by atoms with Gasteiger partial charge in [-0.25, -0.2) is 0 Å². The fourth-order valence-electron chi connectivity index (χ4n) is 1.97. The molecule has 2 aromatic rings. The van der Waals surface area contributed by atoms with E-state index in [2.05, 4.69) is 10.5 Å². The summed E-state index contributed by atoms with van der Waals surface area (Å²) in [4.78, 5) is 12.1.